The lowest BCUT2D eigenvalue weighted by molar-refractivity contribution is 0.258. The van der Waals surface area contributed by atoms with Gasteiger partial charge in [-0.05, 0) is 12.2 Å². The van der Waals surface area contributed by atoms with Crippen LogP contribution in [0.2, 0.25) is 0 Å². The van der Waals surface area contributed by atoms with Gasteiger partial charge in [-0.1, -0.05) is 0 Å². The fourth-order valence-electron chi connectivity index (χ4n) is 0.330. The predicted molar refractivity (Wildman–Crippen MR) is 43.5 cm³/mol. The van der Waals surface area contributed by atoms with Gasteiger partial charge in [-0.25, -0.2) is 4.57 Å². The Morgan fingerprint density at radius 1 is 1.21 bits per heavy atom. The van der Waals surface area contributed by atoms with E-state index in [-0.39, 0.29) is 0 Å². The summed E-state index contributed by atoms with van der Waals surface area (Å²) in [6.45, 7) is 0. The molecule has 0 aliphatic heterocycles. The molecular formula is C4H7FO7P2. The topological polar surface area (TPSA) is 124 Å². The minimum Gasteiger partial charge on any atom is -0.412 e. The van der Waals surface area contributed by atoms with Gasteiger partial charge in [0.05, 0.1) is 6.26 Å². The number of halogens is 1. The standard InChI is InChI=1S/C4H7FO7P2/c5-4(13(6,7)8)2-1-3-12-14(9,10)11/h1-3H,(H2,6,7,8)(H2,9,10,11). The Labute approximate surface area is 77.9 Å². The number of hydrogen-bond acceptors (Lipinski definition) is 3. The molecule has 0 aromatic heterocycles. The van der Waals surface area contributed by atoms with E-state index in [1.54, 1.807) is 0 Å². The van der Waals surface area contributed by atoms with Crippen LogP contribution in [0.15, 0.2) is 24.0 Å². The van der Waals surface area contributed by atoms with E-state index in [2.05, 4.69) is 4.52 Å². The van der Waals surface area contributed by atoms with Crippen molar-refractivity contribution in [2.45, 2.75) is 0 Å². The average molecular weight is 248 g/mol. The number of phosphoric acid groups is 1. The van der Waals surface area contributed by atoms with Crippen LogP contribution in [0.3, 0.4) is 0 Å². The van der Waals surface area contributed by atoms with Gasteiger partial charge in [-0.15, -0.1) is 0 Å². The smallest absolute Gasteiger partial charge is 0.412 e. The largest absolute Gasteiger partial charge is 0.524 e. The minimum atomic E-state index is -4.94. The van der Waals surface area contributed by atoms with Crippen molar-refractivity contribution in [2.75, 3.05) is 0 Å². The highest BCUT2D eigenvalue weighted by Gasteiger charge is 2.19. The molecule has 10 heteroatoms. The third-order valence-corrected chi connectivity index (χ3v) is 1.89. The Kier molecular flexibility index (Phi) is 4.67. The van der Waals surface area contributed by atoms with Gasteiger partial charge < -0.3 is 14.3 Å². The first-order chi connectivity index (χ1) is 6.13. The molecule has 0 bridgehead atoms. The highest BCUT2D eigenvalue weighted by Crippen LogP contribution is 2.45. The summed E-state index contributed by atoms with van der Waals surface area (Å²) in [6, 6.07) is 0. The monoisotopic (exact) mass is 248 g/mol. The molecule has 0 unspecified atom stereocenters. The second-order valence-electron chi connectivity index (χ2n) is 1.96. The molecule has 0 saturated carbocycles. The summed E-state index contributed by atoms with van der Waals surface area (Å²) < 4.78 is 36.2. The summed E-state index contributed by atoms with van der Waals surface area (Å²) in [4.78, 5) is 32.6. The van der Waals surface area contributed by atoms with Crippen LogP contribution in [0.1, 0.15) is 0 Å². The van der Waals surface area contributed by atoms with E-state index in [0.717, 1.165) is 0 Å². The van der Waals surface area contributed by atoms with E-state index < -0.39 is 21.0 Å². The molecule has 0 spiro atoms. The first-order valence-corrected chi connectivity index (χ1v) is 6.09. The predicted octanol–water partition coefficient (Wildman–Crippen LogP) is 0.598. The van der Waals surface area contributed by atoms with E-state index >= 15 is 0 Å². The number of hydrogen-bond donors (Lipinski definition) is 4. The van der Waals surface area contributed by atoms with Gasteiger partial charge in [-0.3, -0.25) is 14.4 Å². The van der Waals surface area contributed by atoms with Crippen LogP contribution in [0.25, 0.3) is 0 Å². The Hall–Kier alpha value is -0.490. The average Bonchev–Trinajstić information content (AvgIpc) is 1.93. The van der Waals surface area contributed by atoms with Crippen molar-refractivity contribution in [1.29, 1.82) is 0 Å². The molecule has 0 aliphatic rings. The number of allylic oxidation sites excluding steroid dienone is 2. The van der Waals surface area contributed by atoms with Crippen molar-refractivity contribution in [3.05, 3.63) is 24.0 Å². The molecule has 82 valence electrons. The van der Waals surface area contributed by atoms with E-state index in [4.69, 9.17) is 19.6 Å². The minimum absolute atomic E-state index is 0.330. The van der Waals surface area contributed by atoms with Crippen LogP contribution in [-0.4, -0.2) is 19.6 Å². The Morgan fingerprint density at radius 3 is 2.07 bits per heavy atom. The quantitative estimate of drug-likeness (QED) is 0.326. The highest BCUT2D eigenvalue weighted by molar-refractivity contribution is 7.56. The molecule has 0 radical (unpaired) electrons. The first kappa shape index (κ1) is 13.5. The van der Waals surface area contributed by atoms with Crippen molar-refractivity contribution >= 4 is 15.4 Å². The number of phosphoric ester groups is 1. The van der Waals surface area contributed by atoms with Crippen LogP contribution in [0.5, 0.6) is 0 Å². The Bertz CT molecular complexity index is 336. The SMILES string of the molecule is O=P(O)(O)OC=CC=C(F)P(=O)(O)O. The zero-order valence-corrected chi connectivity index (χ0v) is 8.31. The third-order valence-electron chi connectivity index (χ3n) is 0.789. The van der Waals surface area contributed by atoms with E-state index in [0.29, 0.717) is 18.4 Å². The normalized spacial score (nSPS) is 14.8. The number of rotatable bonds is 4. The van der Waals surface area contributed by atoms with E-state index in [1.807, 2.05) is 0 Å². The van der Waals surface area contributed by atoms with E-state index in [1.165, 1.54) is 0 Å². The van der Waals surface area contributed by atoms with Crippen molar-refractivity contribution < 1.29 is 37.6 Å². The van der Waals surface area contributed by atoms with Gasteiger partial charge in [0.15, 0.2) is 0 Å². The molecule has 14 heavy (non-hydrogen) atoms. The molecular weight excluding hydrogens is 241 g/mol. The van der Waals surface area contributed by atoms with Crippen molar-refractivity contribution in [3.8, 4) is 0 Å². The third kappa shape index (κ3) is 6.97. The molecule has 0 aromatic rings. The molecule has 0 aliphatic carbocycles. The van der Waals surface area contributed by atoms with Crippen LogP contribution in [0.4, 0.5) is 4.39 Å². The molecule has 0 rings (SSSR count). The maximum absolute atomic E-state index is 12.3. The fraction of sp³-hybridized carbons (Fsp3) is 0. The maximum atomic E-state index is 12.3. The van der Waals surface area contributed by atoms with Gasteiger partial charge >= 0.3 is 15.4 Å². The van der Waals surface area contributed by atoms with E-state index in [9.17, 15) is 13.5 Å². The summed E-state index contributed by atoms with van der Waals surface area (Å²) in [5.74, 6) is 0. The van der Waals surface area contributed by atoms with Crippen LogP contribution < -0.4 is 0 Å². The fourth-order valence-corrected chi connectivity index (χ4v) is 0.839. The van der Waals surface area contributed by atoms with Crippen LogP contribution in [0, 0.1) is 0 Å². The van der Waals surface area contributed by atoms with Gasteiger partial charge in [0.1, 0.15) is 0 Å². The summed E-state index contributed by atoms with van der Waals surface area (Å²) in [7, 11) is -9.64. The highest BCUT2D eigenvalue weighted by atomic mass is 31.2. The summed E-state index contributed by atoms with van der Waals surface area (Å²) in [5, 5.41) is 0. The van der Waals surface area contributed by atoms with Crippen molar-refractivity contribution in [1.82, 2.24) is 0 Å². The van der Waals surface area contributed by atoms with Crippen molar-refractivity contribution in [3.63, 3.8) is 0 Å². The van der Waals surface area contributed by atoms with Crippen LogP contribution >= 0.6 is 15.4 Å². The lowest BCUT2D eigenvalue weighted by Crippen LogP contribution is -1.78. The molecule has 4 N–H and O–H groups in total. The lowest BCUT2D eigenvalue weighted by Gasteiger charge is -1.99. The van der Waals surface area contributed by atoms with Crippen LogP contribution in [-0.2, 0) is 13.7 Å². The second-order valence-corrected chi connectivity index (χ2v) is 4.67. The molecule has 7 nitrogen and oxygen atoms in total. The van der Waals surface area contributed by atoms with Crippen molar-refractivity contribution in [2.24, 2.45) is 0 Å². The zero-order valence-electron chi connectivity index (χ0n) is 6.52. The molecule has 0 saturated heterocycles. The molecule has 0 fully saturated rings. The Balaban J connectivity index is 4.32. The molecule has 0 atom stereocenters. The summed E-state index contributed by atoms with van der Waals surface area (Å²) in [6.07, 6.45) is 1.35. The molecule has 0 heterocycles. The van der Waals surface area contributed by atoms with Gasteiger partial charge in [0.25, 0.3) is 0 Å². The lowest BCUT2D eigenvalue weighted by atomic mass is 10.6. The maximum Gasteiger partial charge on any atom is 0.524 e. The zero-order chi connectivity index (χ0) is 11.4. The van der Waals surface area contributed by atoms with Gasteiger partial charge in [-0.2, -0.15) is 4.39 Å². The molecule has 0 amide bonds. The summed E-state index contributed by atoms with van der Waals surface area (Å²) in [5.41, 5.74) is -1.73. The second kappa shape index (κ2) is 4.84. The molecule has 0 aromatic carbocycles. The Morgan fingerprint density at radius 2 is 1.71 bits per heavy atom. The first-order valence-electron chi connectivity index (χ1n) is 2.95. The van der Waals surface area contributed by atoms with Gasteiger partial charge in [0.2, 0.25) is 5.57 Å². The van der Waals surface area contributed by atoms with Gasteiger partial charge in [0, 0.05) is 0 Å². The summed E-state index contributed by atoms with van der Waals surface area (Å²) >= 11 is 0.